The molecule has 1 aromatic rings. The fraction of sp³-hybridized carbons (Fsp3) is 0.200. The lowest BCUT2D eigenvalue weighted by Gasteiger charge is -1.92. The second kappa shape index (κ2) is 3.59. The predicted octanol–water partition coefficient (Wildman–Crippen LogP) is 0.816. The molecule has 1 nitrogen and oxygen atoms in total. The molecular weight excluding hydrogens is 166 g/mol. The van der Waals surface area contributed by atoms with Gasteiger partial charge in [0.05, 0.1) is 0 Å². The number of fused-ring (bicyclic) bond motifs is 1. The van der Waals surface area contributed by atoms with Gasteiger partial charge in [0, 0.05) is 11.1 Å². The normalized spacial score (nSPS) is 24.0. The van der Waals surface area contributed by atoms with E-state index < -0.39 is 0 Å². The van der Waals surface area contributed by atoms with Crippen LogP contribution in [0.15, 0.2) is 23.7 Å². The van der Waals surface area contributed by atoms with Crippen LogP contribution >= 0.6 is 11.3 Å². The first-order valence-corrected chi connectivity index (χ1v) is 4.99. The van der Waals surface area contributed by atoms with Crippen LogP contribution in [0.2, 0.25) is 0 Å². The molecule has 12 heavy (non-hydrogen) atoms. The molecule has 2 rings (SSSR count). The third kappa shape index (κ3) is 1.59. The second-order valence-corrected chi connectivity index (χ2v) is 3.66. The summed E-state index contributed by atoms with van der Waals surface area (Å²) in [6.07, 6.45) is 9.59. The van der Waals surface area contributed by atoms with E-state index in [0.29, 0.717) is 0 Å². The van der Waals surface area contributed by atoms with Crippen molar-refractivity contribution in [2.24, 2.45) is 0 Å². The van der Waals surface area contributed by atoms with Gasteiger partial charge < -0.3 is 5.32 Å². The van der Waals surface area contributed by atoms with Gasteiger partial charge in [-0.05, 0) is 35.4 Å². The van der Waals surface area contributed by atoms with Crippen LogP contribution in [0.3, 0.4) is 0 Å². The van der Waals surface area contributed by atoms with Gasteiger partial charge in [-0.15, -0.1) is 11.3 Å². The highest BCUT2D eigenvalue weighted by Gasteiger charge is 1.87. The van der Waals surface area contributed by atoms with Gasteiger partial charge in [0.1, 0.15) is 0 Å². The minimum Gasteiger partial charge on any atom is -0.391 e. The Hall–Kier alpha value is -1.02. The van der Waals surface area contributed by atoms with E-state index in [1.54, 1.807) is 0 Å². The molecule has 0 fully saturated rings. The minimum atomic E-state index is 1.03. The molecule has 0 spiro atoms. The monoisotopic (exact) mass is 177 g/mol. The van der Waals surface area contributed by atoms with Gasteiger partial charge in [0.2, 0.25) is 0 Å². The summed E-state index contributed by atoms with van der Waals surface area (Å²) in [7, 11) is 0. The van der Waals surface area contributed by atoms with Gasteiger partial charge in [-0.25, -0.2) is 0 Å². The Balaban J connectivity index is 2.56. The molecular formula is C10H11NS. The highest BCUT2D eigenvalue weighted by molar-refractivity contribution is 7.07. The van der Waals surface area contributed by atoms with Gasteiger partial charge in [-0.3, -0.25) is 0 Å². The molecule has 2 heteroatoms. The maximum absolute atomic E-state index is 3.21. The SMILES string of the molecule is C1=C\NCC\C=c2/scc/c2=C/1. The molecule has 0 amide bonds. The van der Waals surface area contributed by atoms with Crippen LogP contribution < -0.4 is 15.1 Å². The average molecular weight is 177 g/mol. The molecule has 0 aromatic carbocycles. The number of thiophene rings is 1. The van der Waals surface area contributed by atoms with E-state index >= 15 is 0 Å². The van der Waals surface area contributed by atoms with Crippen molar-refractivity contribution in [2.75, 3.05) is 6.54 Å². The molecule has 0 saturated heterocycles. The Bertz CT molecular complexity index is 386. The molecule has 1 aromatic heterocycles. The molecule has 1 aliphatic heterocycles. The molecule has 0 aliphatic carbocycles. The van der Waals surface area contributed by atoms with Crippen LogP contribution in [0, 0.1) is 0 Å². The number of hydrogen-bond donors (Lipinski definition) is 1. The maximum Gasteiger partial charge on any atom is 0.0303 e. The van der Waals surface area contributed by atoms with E-state index in [1.807, 2.05) is 17.5 Å². The summed E-state index contributed by atoms with van der Waals surface area (Å²) in [6.45, 7) is 1.03. The van der Waals surface area contributed by atoms with E-state index in [2.05, 4.69) is 35.0 Å². The quantitative estimate of drug-likeness (QED) is 0.618. The second-order valence-electron chi connectivity index (χ2n) is 2.71. The van der Waals surface area contributed by atoms with Crippen molar-refractivity contribution in [1.29, 1.82) is 0 Å². The van der Waals surface area contributed by atoms with E-state index in [0.717, 1.165) is 13.0 Å². The first-order chi connectivity index (χ1) is 5.97. The van der Waals surface area contributed by atoms with Crippen LogP contribution in [0.4, 0.5) is 0 Å². The summed E-state index contributed by atoms with van der Waals surface area (Å²) in [4.78, 5) is 0. The first-order valence-electron chi connectivity index (χ1n) is 4.11. The minimum absolute atomic E-state index is 1.03. The van der Waals surface area contributed by atoms with Gasteiger partial charge >= 0.3 is 0 Å². The molecule has 0 radical (unpaired) electrons. The lowest BCUT2D eigenvalue weighted by atomic mass is 10.3. The fourth-order valence-electron chi connectivity index (χ4n) is 1.22. The van der Waals surface area contributed by atoms with Crippen LogP contribution in [0.5, 0.6) is 0 Å². The van der Waals surface area contributed by atoms with E-state index in [9.17, 15) is 0 Å². The molecule has 0 saturated carbocycles. The Kier molecular flexibility index (Phi) is 2.28. The average Bonchev–Trinajstić information content (AvgIpc) is 2.50. The fourth-order valence-corrected chi connectivity index (χ4v) is 2.07. The zero-order chi connectivity index (χ0) is 8.23. The standard InChI is InChI=1S/C10H11NS/c1-3-9-5-8-12-10(9)4-2-7-11-6-1/h1,3-6,8,11H,2,7H2/b6-1-,9-3-,10-4-. The van der Waals surface area contributed by atoms with Crippen molar-refractivity contribution < 1.29 is 0 Å². The molecule has 0 atom stereocenters. The third-order valence-corrected chi connectivity index (χ3v) is 2.76. The van der Waals surface area contributed by atoms with Crippen molar-refractivity contribution in [2.45, 2.75) is 6.42 Å². The summed E-state index contributed by atoms with van der Waals surface area (Å²) in [5.74, 6) is 0. The molecule has 1 aliphatic rings. The predicted molar refractivity (Wildman–Crippen MR) is 54.3 cm³/mol. The Morgan fingerprint density at radius 1 is 1.42 bits per heavy atom. The molecule has 1 N–H and O–H groups in total. The van der Waals surface area contributed by atoms with Crippen LogP contribution in [0.25, 0.3) is 12.2 Å². The lowest BCUT2D eigenvalue weighted by Crippen LogP contribution is -2.16. The number of hydrogen-bond acceptors (Lipinski definition) is 2. The molecule has 2 heterocycles. The largest absolute Gasteiger partial charge is 0.391 e. The highest BCUT2D eigenvalue weighted by atomic mass is 32.1. The molecule has 0 bridgehead atoms. The summed E-state index contributed by atoms with van der Waals surface area (Å²) >= 11 is 1.81. The van der Waals surface area contributed by atoms with Crippen molar-refractivity contribution in [3.05, 3.63) is 33.5 Å². The zero-order valence-corrected chi connectivity index (χ0v) is 7.60. The third-order valence-electron chi connectivity index (χ3n) is 1.84. The number of rotatable bonds is 0. The summed E-state index contributed by atoms with van der Waals surface area (Å²) < 4.78 is 1.39. The summed E-state index contributed by atoms with van der Waals surface area (Å²) in [5.41, 5.74) is 0. The van der Waals surface area contributed by atoms with Crippen LogP contribution in [-0.2, 0) is 0 Å². The summed E-state index contributed by atoms with van der Waals surface area (Å²) in [6, 6.07) is 2.16. The Labute approximate surface area is 75.7 Å². The van der Waals surface area contributed by atoms with Crippen LogP contribution in [-0.4, -0.2) is 6.54 Å². The van der Waals surface area contributed by atoms with Gasteiger partial charge in [0.25, 0.3) is 0 Å². The van der Waals surface area contributed by atoms with E-state index in [-0.39, 0.29) is 0 Å². The van der Waals surface area contributed by atoms with E-state index in [1.165, 1.54) is 9.75 Å². The Morgan fingerprint density at radius 3 is 3.42 bits per heavy atom. The van der Waals surface area contributed by atoms with Crippen molar-refractivity contribution in [3.8, 4) is 0 Å². The van der Waals surface area contributed by atoms with Gasteiger partial charge in [-0.1, -0.05) is 12.2 Å². The topological polar surface area (TPSA) is 12.0 Å². The maximum atomic E-state index is 3.21. The van der Waals surface area contributed by atoms with Gasteiger partial charge in [-0.2, -0.15) is 0 Å². The van der Waals surface area contributed by atoms with Crippen molar-refractivity contribution in [3.63, 3.8) is 0 Å². The van der Waals surface area contributed by atoms with Crippen molar-refractivity contribution >= 4 is 23.5 Å². The smallest absolute Gasteiger partial charge is 0.0303 e. The number of nitrogens with one attached hydrogen (secondary N) is 1. The zero-order valence-electron chi connectivity index (χ0n) is 6.79. The van der Waals surface area contributed by atoms with E-state index in [4.69, 9.17) is 0 Å². The van der Waals surface area contributed by atoms with Crippen molar-refractivity contribution in [1.82, 2.24) is 5.32 Å². The molecule has 62 valence electrons. The number of allylic oxidation sites excluding steroid dienone is 1. The highest BCUT2D eigenvalue weighted by Crippen LogP contribution is 1.87. The first kappa shape index (κ1) is 7.62. The van der Waals surface area contributed by atoms with Crippen LogP contribution in [0.1, 0.15) is 6.42 Å². The summed E-state index contributed by atoms with van der Waals surface area (Å²) in [5, 5.41) is 6.69. The molecule has 0 unspecified atom stereocenters. The van der Waals surface area contributed by atoms with Gasteiger partial charge in [0.15, 0.2) is 0 Å². The lowest BCUT2D eigenvalue weighted by molar-refractivity contribution is 0.872. The Morgan fingerprint density at radius 2 is 2.42 bits per heavy atom.